The molecule has 2 nitrogen and oxygen atoms in total. The van der Waals surface area contributed by atoms with Crippen LogP contribution in [0.4, 0.5) is 4.39 Å². The minimum absolute atomic E-state index is 0.0457. The molecule has 0 aliphatic heterocycles. The molecule has 14 heavy (non-hydrogen) atoms. The van der Waals surface area contributed by atoms with Crippen molar-refractivity contribution in [3.8, 4) is 0 Å². The van der Waals surface area contributed by atoms with E-state index in [9.17, 15) is 9.50 Å². The van der Waals surface area contributed by atoms with E-state index in [1.807, 2.05) is 0 Å². The van der Waals surface area contributed by atoms with Crippen molar-refractivity contribution < 1.29 is 9.50 Å². The fraction of sp³-hybridized carbons (Fsp3) is 0.455. The molecule has 1 aromatic rings. The third kappa shape index (κ3) is 1.42. The zero-order chi connectivity index (χ0) is 10.3. The maximum atomic E-state index is 13.2. The zero-order valence-electron chi connectivity index (χ0n) is 8.13. The van der Waals surface area contributed by atoms with Gasteiger partial charge >= 0.3 is 0 Å². The van der Waals surface area contributed by atoms with Crippen LogP contribution in [0.1, 0.15) is 24.0 Å². The van der Waals surface area contributed by atoms with E-state index in [0.29, 0.717) is 24.0 Å². The number of hydrogen-bond donors (Lipinski definition) is 2. The first kappa shape index (κ1) is 9.62. The molecular formula is C11H14FNO. The van der Waals surface area contributed by atoms with Crippen molar-refractivity contribution in [3.05, 3.63) is 35.1 Å². The van der Waals surface area contributed by atoms with E-state index >= 15 is 0 Å². The Morgan fingerprint density at radius 3 is 2.64 bits per heavy atom. The summed E-state index contributed by atoms with van der Waals surface area (Å²) in [5.41, 5.74) is 5.95. The number of hydrogen-bond acceptors (Lipinski definition) is 2. The van der Waals surface area contributed by atoms with Crippen molar-refractivity contribution in [2.24, 2.45) is 5.73 Å². The molecule has 3 N–H and O–H groups in total. The van der Waals surface area contributed by atoms with Crippen LogP contribution in [0, 0.1) is 12.7 Å². The quantitative estimate of drug-likeness (QED) is 0.712. The molecule has 1 saturated carbocycles. The predicted molar refractivity (Wildman–Crippen MR) is 52.2 cm³/mol. The Balaban J connectivity index is 2.29. The van der Waals surface area contributed by atoms with Gasteiger partial charge in [0, 0.05) is 6.04 Å². The van der Waals surface area contributed by atoms with Crippen LogP contribution < -0.4 is 5.73 Å². The molecule has 0 unspecified atom stereocenters. The molecule has 0 radical (unpaired) electrons. The second-order valence-electron chi connectivity index (χ2n) is 4.16. The lowest BCUT2D eigenvalue weighted by Gasteiger charge is -2.42. The van der Waals surface area contributed by atoms with Crippen LogP contribution in [-0.4, -0.2) is 11.1 Å². The Morgan fingerprint density at radius 2 is 2.14 bits per heavy atom. The first-order valence-electron chi connectivity index (χ1n) is 4.76. The lowest BCUT2D eigenvalue weighted by atomic mass is 9.72. The van der Waals surface area contributed by atoms with Crippen molar-refractivity contribution >= 4 is 0 Å². The van der Waals surface area contributed by atoms with Crippen LogP contribution in [0.15, 0.2) is 18.2 Å². The topological polar surface area (TPSA) is 46.2 Å². The molecule has 1 aromatic carbocycles. The van der Waals surface area contributed by atoms with Gasteiger partial charge in [0.2, 0.25) is 0 Å². The van der Waals surface area contributed by atoms with Gasteiger partial charge in [0.25, 0.3) is 0 Å². The highest BCUT2D eigenvalue weighted by molar-refractivity contribution is 5.30. The summed E-state index contributed by atoms with van der Waals surface area (Å²) in [7, 11) is 0. The summed E-state index contributed by atoms with van der Waals surface area (Å²) in [6, 6.07) is 4.90. The zero-order valence-corrected chi connectivity index (χ0v) is 8.13. The van der Waals surface area contributed by atoms with E-state index in [1.165, 1.54) is 6.07 Å². The molecule has 0 spiro atoms. The molecular weight excluding hydrogens is 181 g/mol. The Labute approximate surface area is 82.5 Å². The van der Waals surface area contributed by atoms with Crippen LogP contribution in [0.25, 0.3) is 0 Å². The van der Waals surface area contributed by atoms with Gasteiger partial charge in [0.05, 0.1) is 5.60 Å². The van der Waals surface area contributed by atoms with Gasteiger partial charge in [-0.05, 0) is 37.0 Å². The molecule has 0 amide bonds. The molecule has 0 bridgehead atoms. The van der Waals surface area contributed by atoms with Gasteiger partial charge in [-0.25, -0.2) is 4.39 Å². The summed E-state index contributed by atoms with van der Waals surface area (Å²) in [5.74, 6) is -0.267. The van der Waals surface area contributed by atoms with Crippen molar-refractivity contribution in [3.63, 3.8) is 0 Å². The fourth-order valence-corrected chi connectivity index (χ4v) is 1.93. The van der Waals surface area contributed by atoms with Gasteiger partial charge < -0.3 is 10.8 Å². The van der Waals surface area contributed by atoms with Gasteiger partial charge in [-0.3, -0.25) is 0 Å². The predicted octanol–water partition coefficient (Wildman–Crippen LogP) is 1.44. The maximum Gasteiger partial charge on any atom is 0.126 e. The molecule has 1 fully saturated rings. The van der Waals surface area contributed by atoms with Gasteiger partial charge in [-0.1, -0.05) is 12.1 Å². The number of benzene rings is 1. The van der Waals surface area contributed by atoms with Crippen LogP contribution in [-0.2, 0) is 5.60 Å². The highest BCUT2D eigenvalue weighted by Crippen LogP contribution is 2.40. The largest absolute Gasteiger partial charge is 0.385 e. The monoisotopic (exact) mass is 195 g/mol. The maximum absolute atomic E-state index is 13.2. The van der Waals surface area contributed by atoms with Gasteiger partial charge in [0.1, 0.15) is 5.82 Å². The van der Waals surface area contributed by atoms with Crippen molar-refractivity contribution in [1.29, 1.82) is 0 Å². The van der Waals surface area contributed by atoms with Crippen LogP contribution in [0.5, 0.6) is 0 Å². The highest BCUT2D eigenvalue weighted by Gasteiger charge is 2.42. The molecule has 3 heteroatoms. The Morgan fingerprint density at radius 1 is 1.50 bits per heavy atom. The van der Waals surface area contributed by atoms with Crippen molar-refractivity contribution in [2.45, 2.75) is 31.4 Å². The number of aliphatic hydroxyl groups is 1. The van der Waals surface area contributed by atoms with Gasteiger partial charge in [-0.15, -0.1) is 0 Å². The molecule has 0 heterocycles. The number of nitrogens with two attached hydrogens (primary N) is 1. The molecule has 0 saturated heterocycles. The number of aryl methyl sites for hydroxylation is 1. The SMILES string of the molecule is Cc1ccc(C2(O)CC(N)C2)cc1F. The van der Waals surface area contributed by atoms with Crippen molar-refractivity contribution in [2.75, 3.05) is 0 Å². The van der Waals surface area contributed by atoms with E-state index < -0.39 is 5.60 Å². The summed E-state index contributed by atoms with van der Waals surface area (Å²) >= 11 is 0. The fourth-order valence-electron chi connectivity index (χ4n) is 1.93. The standard InChI is InChI=1S/C11H14FNO/c1-7-2-3-8(4-10(7)12)11(14)5-9(13)6-11/h2-4,9,14H,5-6,13H2,1H3. The molecule has 1 aliphatic rings. The number of halogens is 1. The van der Waals surface area contributed by atoms with E-state index in [2.05, 4.69) is 0 Å². The summed E-state index contributed by atoms with van der Waals surface area (Å²) in [4.78, 5) is 0. The third-order valence-electron chi connectivity index (χ3n) is 2.91. The van der Waals surface area contributed by atoms with Gasteiger partial charge in [0.15, 0.2) is 0 Å². The first-order chi connectivity index (χ1) is 6.51. The van der Waals surface area contributed by atoms with Crippen molar-refractivity contribution in [1.82, 2.24) is 0 Å². The lowest BCUT2D eigenvalue weighted by molar-refractivity contribution is -0.0525. The van der Waals surface area contributed by atoms with E-state index in [4.69, 9.17) is 5.73 Å². The minimum atomic E-state index is -0.895. The lowest BCUT2D eigenvalue weighted by Crippen LogP contribution is -2.49. The van der Waals surface area contributed by atoms with E-state index in [-0.39, 0.29) is 11.9 Å². The Kier molecular flexibility index (Phi) is 2.09. The normalized spacial score (nSPS) is 31.3. The molecule has 2 rings (SSSR count). The van der Waals surface area contributed by atoms with Crippen LogP contribution >= 0.6 is 0 Å². The van der Waals surface area contributed by atoms with E-state index in [1.54, 1.807) is 19.1 Å². The average Bonchev–Trinajstić information content (AvgIpc) is 2.07. The summed E-state index contributed by atoms with van der Waals surface area (Å²) in [6.45, 7) is 1.70. The first-order valence-corrected chi connectivity index (χ1v) is 4.76. The minimum Gasteiger partial charge on any atom is -0.385 e. The van der Waals surface area contributed by atoms with E-state index in [0.717, 1.165) is 0 Å². The third-order valence-corrected chi connectivity index (χ3v) is 2.91. The summed E-state index contributed by atoms with van der Waals surface area (Å²) in [6.07, 6.45) is 1.05. The summed E-state index contributed by atoms with van der Waals surface area (Å²) in [5, 5.41) is 10.0. The Hall–Kier alpha value is -0.930. The average molecular weight is 195 g/mol. The second kappa shape index (κ2) is 3.04. The number of rotatable bonds is 1. The second-order valence-corrected chi connectivity index (χ2v) is 4.16. The smallest absolute Gasteiger partial charge is 0.126 e. The molecule has 76 valence electrons. The summed E-state index contributed by atoms with van der Waals surface area (Å²) < 4.78 is 13.2. The highest BCUT2D eigenvalue weighted by atomic mass is 19.1. The van der Waals surface area contributed by atoms with Crippen LogP contribution in [0.2, 0.25) is 0 Å². The van der Waals surface area contributed by atoms with Crippen LogP contribution in [0.3, 0.4) is 0 Å². The molecule has 1 aliphatic carbocycles. The Bertz CT molecular complexity index is 358. The van der Waals surface area contributed by atoms with Gasteiger partial charge in [-0.2, -0.15) is 0 Å². The molecule has 0 aromatic heterocycles. The molecule has 0 atom stereocenters.